The first-order valence-corrected chi connectivity index (χ1v) is 6.88. The molecule has 0 radical (unpaired) electrons. The van der Waals surface area contributed by atoms with Crippen LogP contribution in [0.1, 0.15) is 42.3 Å². The first kappa shape index (κ1) is 12.9. The number of esters is 1. The Morgan fingerprint density at radius 1 is 1.25 bits per heavy atom. The number of rotatable bonds is 3. The number of hydrogen-bond acceptors (Lipinski definition) is 3. The minimum Gasteiger partial charge on any atom is -0.453 e. The molecule has 3 heteroatoms. The predicted octanol–water partition coefficient (Wildman–Crippen LogP) is 3.67. The van der Waals surface area contributed by atoms with Crippen LogP contribution in [0.25, 0.3) is 10.8 Å². The SMILES string of the molecule is CCC(=O)C(C)C1OC(=O)c2cc3ccccc3cc21. The topological polar surface area (TPSA) is 43.4 Å². The third kappa shape index (κ3) is 1.90. The van der Waals surface area contributed by atoms with Crippen molar-refractivity contribution in [2.24, 2.45) is 5.92 Å². The Hall–Kier alpha value is -2.16. The maximum Gasteiger partial charge on any atom is 0.339 e. The molecule has 2 aromatic carbocycles. The normalized spacial score (nSPS) is 18.7. The summed E-state index contributed by atoms with van der Waals surface area (Å²) in [5.74, 6) is -0.512. The van der Waals surface area contributed by atoms with E-state index in [9.17, 15) is 9.59 Å². The monoisotopic (exact) mass is 268 g/mol. The van der Waals surface area contributed by atoms with Crippen molar-refractivity contribution in [3.05, 3.63) is 47.5 Å². The molecule has 0 spiro atoms. The lowest BCUT2D eigenvalue weighted by molar-refractivity contribution is -0.125. The number of Topliss-reactive ketones (excluding diaryl/α,β-unsaturated/α-hetero) is 1. The molecule has 1 heterocycles. The standard InChI is InChI=1S/C17H16O3/c1-3-15(18)10(2)16-13-8-11-6-4-5-7-12(11)9-14(13)17(19)20-16/h4-10,16H,3H2,1-2H3. The minimum absolute atomic E-state index is 0.115. The van der Waals surface area contributed by atoms with E-state index in [0.717, 1.165) is 16.3 Å². The van der Waals surface area contributed by atoms with E-state index in [-0.39, 0.29) is 17.7 Å². The van der Waals surface area contributed by atoms with Crippen molar-refractivity contribution >= 4 is 22.5 Å². The molecule has 0 saturated heterocycles. The highest BCUT2D eigenvalue weighted by atomic mass is 16.5. The lowest BCUT2D eigenvalue weighted by atomic mass is 9.90. The van der Waals surface area contributed by atoms with Gasteiger partial charge in [-0.3, -0.25) is 4.79 Å². The molecule has 0 fully saturated rings. The molecule has 3 nitrogen and oxygen atoms in total. The van der Waals surface area contributed by atoms with Gasteiger partial charge in [0.25, 0.3) is 0 Å². The summed E-state index contributed by atoms with van der Waals surface area (Å²) >= 11 is 0. The molecule has 3 rings (SSSR count). The molecule has 2 atom stereocenters. The van der Waals surface area contributed by atoms with Gasteiger partial charge in [-0.25, -0.2) is 4.79 Å². The molecule has 2 unspecified atom stereocenters. The molecule has 0 bridgehead atoms. The molecular weight excluding hydrogens is 252 g/mol. The van der Waals surface area contributed by atoms with E-state index in [1.165, 1.54) is 0 Å². The molecule has 1 aliphatic rings. The average Bonchev–Trinajstić information content (AvgIpc) is 2.80. The number of benzene rings is 2. The molecular formula is C17H16O3. The second-order valence-corrected chi connectivity index (χ2v) is 5.22. The van der Waals surface area contributed by atoms with Crippen LogP contribution in [0.3, 0.4) is 0 Å². The summed E-state index contributed by atoms with van der Waals surface area (Å²) < 4.78 is 5.43. The van der Waals surface area contributed by atoms with Gasteiger partial charge in [-0.05, 0) is 22.9 Å². The Morgan fingerprint density at radius 3 is 2.55 bits per heavy atom. The maximum absolute atomic E-state index is 12.0. The minimum atomic E-state index is -0.449. The van der Waals surface area contributed by atoms with Crippen molar-refractivity contribution < 1.29 is 14.3 Å². The van der Waals surface area contributed by atoms with Crippen LogP contribution >= 0.6 is 0 Å². The van der Waals surface area contributed by atoms with Crippen LogP contribution in [0.15, 0.2) is 36.4 Å². The van der Waals surface area contributed by atoms with Gasteiger partial charge in [0.05, 0.1) is 11.5 Å². The van der Waals surface area contributed by atoms with E-state index in [1.807, 2.05) is 50.2 Å². The lowest BCUT2D eigenvalue weighted by Gasteiger charge is -2.17. The molecule has 1 aliphatic heterocycles. The van der Waals surface area contributed by atoms with E-state index in [4.69, 9.17) is 4.74 Å². The van der Waals surface area contributed by atoms with Crippen LogP contribution in [0.2, 0.25) is 0 Å². The average molecular weight is 268 g/mol. The summed E-state index contributed by atoms with van der Waals surface area (Å²) in [6, 6.07) is 11.7. The van der Waals surface area contributed by atoms with Crippen LogP contribution in [-0.2, 0) is 9.53 Å². The van der Waals surface area contributed by atoms with Gasteiger partial charge in [0.15, 0.2) is 0 Å². The quantitative estimate of drug-likeness (QED) is 0.798. The van der Waals surface area contributed by atoms with Crippen molar-refractivity contribution in [1.29, 1.82) is 0 Å². The zero-order valence-corrected chi connectivity index (χ0v) is 11.6. The zero-order chi connectivity index (χ0) is 14.3. The summed E-state index contributed by atoms with van der Waals surface area (Å²) in [5.41, 5.74) is 1.42. The third-order valence-electron chi connectivity index (χ3n) is 3.99. The summed E-state index contributed by atoms with van der Waals surface area (Å²) in [6.07, 6.45) is 0.00699. The molecule has 0 amide bonds. The largest absolute Gasteiger partial charge is 0.453 e. The molecule has 102 valence electrons. The van der Waals surface area contributed by atoms with Crippen LogP contribution < -0.4 is 0 Å². The van der Waals surface area contributed by atoms with Gasteiger partial charge in [0, 0.05) is 12.0 Å². The maximum atomic E-state index is 12.0. The van der Waals surface area contributed by atoms with Gasteiger partial charge >= 0.3 is 5.97 Å². The summed E-state index contributed by atoms with van der Waals surface area (Å²) in [6.45, 7) is 3.66. The number of carbonyl (C=O) groups is 2. The van der Waals surface area contributed by atoms with E-state index in [1.54, 1.807) is 0 Å². The second-order valence-electron chi connectivity index (χ2n) is 5.22. The summed E-state index contributed by atoms with van der Waals surface area (Å²) in [4.78, 5) is 23.9. The highest BCUT2D eigenvalue weighted by molar-refractivity contribution is 6.00. The summed E-state index contributed by atoms with van der Waals surface area (Å²) in [5, 5.41) is 2.07. The van der Waals surface area contributed by atoms with Gasteiger partial charge in [-0.1, -0.05) is 38.1 Å². The van der Waals surface area contributed by atoms with Crippen LogP contribution in [0, 0.1) is 5.92 Å². The smallest absolute Gasteiger partial charge is 0.339 e. The summed E-state index contributed by atoms with van der Waals surface area (Å²) in [7, 11) is 0. The Morgan fingerprint density at radius 2 is 1.90 bits per heavy atom. The predicted molar refractivity (Wildman–Crippen MR) is 76.6 cm³/mol. The van der Waals surface area contributed by atoms with Crippen molar-refractivity contribution in [1.82, 2.24) is 0 Å². The van der Waals surface area contributed by atoms with E-state index in [0.29, 0.717) is 12.0 Å². The number of ketones is 1. The number of ether oxygens (including phenoxy) is 1. The van der Waals surface area contributed by atoms with E-state index in [2.05, 4.69) is 0 Å². The zero-order valence-electron chi connectivity index (χ0n) is 11.6. The number of hydrogen-bond donors (Lipinski definition) is 0. The second kappa shape index (κ2) is 4.75. The van der Waals surface area contributed by atoms with Gasteiger partial charge in [-0.15, -0.1) is 0 Å². The third-order valence-corrected chi connectivity index (χ3v) is 3.99. The van der Waals surface area contributed by atoms with Crippen molar-refractivity contribution in [3.8, 4) is 0 Å². The van der Waals surface area contributed by atoms with Crippen molar-refractivity contribution in [2.45, 2.75) is 26.4 Å². The van der Waals surface area contributed by atoms with Crippen LogP contribution in [0.5, 0.6) is 0 Å². The fourth-order valence-electron chi connectivity index (χ4n) is 2.77. The van der Waals surface area contributed by atoms with Gasteiger partial charge in [0.1, 0.15) is 11.9 Å². The first-order chi connectivity index (χ1) is 9.61. The Bertz CT molecular complexity index is 702. The molecule has 0 aromatic heterocycles. The molecule has 20 heavy (non-hydrogen) atoms. The first-order valence-electron chi connectivity index (χ1n) is 6.88. The Labute approximate surface area is 117 Å². The van der Waals surface area contributed by atoms with E-state index < -0.39 is 6.10 Å². The number of carbonyl (C=O) groups excluding carboxylic acids is 2. The fourth-order valence-corrected chi connectivity index (χ4v) is 2.77. The number of cyclic esters (lactones) is 1. The Kier molecular flexibility index (Phi) is 3.05. The van der Waals surface area contributed by atoms with Gasteiger partial charge < -0.3 is 4.74 Å². The number of fused-ring (bicyclic) bond motifs is 2. The molecule has 0 saturated carbocycles. The van der Waals surface area contributed by atoms with E-state index >= 15 is 0 Å². The molecule has 2 aromatic rings. The van der Waals surface area contributed by atoms with Crippen molar-refractivity contribution in [2.75, 3.05) is 0 Å². The van der Waals surface area contributed by atoms with Gasteiger partial charge in [0.2, 0.25) is 0 Å². The molecule has 0 N–H and O–H groups in total. The van der Waals surface area contributed by atoms with Crippen LogP contribution in [0.4, 0.5) is 0 Å². The van der Waals surface area contributed by atoms with Crippen LogP contribution in [-0.4, -0.2) is 11.8 Å². The van der Waals surface area contributed by atoms with Gasteiger partial charge in [-0.2, -0.15) is 0 Å². The highest BCUT2D eigenvalue weighted by Gasteiger charge is 2.37. The van der Waals surface area contributed by atoms with Crippen molar-refractivity contribution in [3.63, 3.8) is 0 Å². The Balaban J connectivity index is 2.12. The highest BCUT2D eigenvalue weighted by Crippen LogP contribution is 2.38. The fraction of sp³-hybridized carbons (Fsp3) is 0.294. The lowest BCUT2D eigenvalue weighted by Crippen LogP contribution is -2.18. The molecule has 0 aliphatic carbocycles.